The van der Waals surface area contributed by atoms with Gasteiger partial charge < -0.3 is 4.90 Å². The summed E-state index contributed by atoms with van der Waals surface area (Å²) in [6.45, 7) is 5.98. The van der Waals surface area contributed by atoms with Gasteiger partial charge in [0.05, 0.1) is 0 Å². The summed E-state index contributed by atoms with van der Waals surface area (Å²) in [5, 5.41) is 0. The van der Waals surface area contributed by atoms with E-state index in [4.69, 9.17) is 0 Å². The molecule has 3 nitrogen and oxygen atoms in total. The molecule has 3 heteroatoms. The first-order valence-electron chi connectivity index (χ1n) is 7.33. The second kappa shape index (κ2) is 3.82. The van der Waals surface area contributed by atoms with Gasteiger partial charge in [-0.25, -0.2) is 0 Å². The molecule has 2 atom stereocenters. The lowest BCUT2D eigenvalue weighted by Gasteiger charge is -2.40. The second-order valence-electron chi connectivity index (χ2n) is 6.84. The highest BCUT2D eigenvalue weighted by atomic mass is 16.2. The molecule has 0 radical (unpaired) electrons. The largest absolute Gasteiger partial charge is 0.342 e. The topological polar surface area (TPSA) is 37.4 Å². The standard InChI is InChI=1S/C15H23NO2/c1-14(2)11-6-7-15(14,12(17)10-11)13(18)16-8-4-3-5-9-16/h11H,3-10H2,1-2H3. The minimum absolute atomic E-state index is 0.126. The number of hydrogen-bond donors (Lipinski definition) is 0. The van der Waals surface area contributed by atoms with Gasteiger partial charge >= 0.3 is 0 Å². The van der Waals surface area contributed by atoms with Gasteiger partial charge in [0.15, 0.2) is 0 Å². The van der Waals surface area contributed by atoms with Crippen LogP contribution in [0.2, 0.25) is 0 Å². The first-order chi connectivity index (χ1) is 8.50. The van der Waals surface area contributed by atoms with E-state index in [-0.39, 0.29) is 17.1 Å². The highest BCUT2D eigenvalue weighted by Gasteiger charge is 2.68. The lowest BCUT2D eigenvalue weighted by atomic mass is 9.67. The molecule has 1 amide bonds. The number of fused-ring (bicyclic) bond motifs is 2. The van der Waals surface area contributed by atoms with Crippen LogP contribution in [0.4, 0.5) is 0 Å². The van der Waals surface area contributed by atoms with Crippen LogP contribution < -0.4 is 0 Å². The predicted octanol–water partition coefficient (Wildman–Crippen LogP) is 2.39. The molecule has 0 aromatic rings. The Morgan fingerprint density at radius 3 is 2.39 bits per heavy atom. The third kappa shape index (κ3) is 1.31. The number of likely N-dealkylation sites (tertiary alicyclic amines) is 1. The molecular weight excluding hydrogens is 226 g/mol. The molecule has 2 bridgehead atoms. The molecule has 3 fully saturated rings. The van der Waals surface area contributed by atoms with Gasteiger partial charge in [0.2, 0.25) is 5.91 Å². The maximum atomic E-state index is 12.9. The van der Waals surface area contributed by atoms with Gasteiger partial charge in [-0.2, -0.15) is 0 Å². The summed E-state index contributed by atoms with van der Waals surface area (Å²) in [5.41, 5.74) is -0.798. The molecule has 2 saturated carbocycles. The van der Waals surface area contributed by atoms with Crippen LogP contribution in [0, 0.1) is 16.7 Å². The van der Waals surface area contributed by atoms with Gasteiger partial charge in [0, 0.05) is 19.5 Å². The van der Waals surface area contributed by atoms with Crippen LogP contribution in [-0.2, 0) is 9.59 Å². The summed E-state index contributed by atoms with van der Waals surface area (Å²) < 4.78 is 0. The van der Waals surface area contributed by atoms with Gasteiger partial charge in [0.25, 0.3) is 0 Å². The SMILES string of the molecule is CC1(C)C2CCC1(C(=O)N1CCCCC1)C(=O)C2. The zero-order valence-electron chi connectivity index (χ0n) is 11.5. The summed E-state index contributed by atoms with van der Waals surface area (Å²) >= 11 is 0. The predicted molar refractivity (Wildman–Crippen MR) is 69.0 cm³/mol. The van der Waals surface area contributed by atoms with Crippen LogP contribution in [0.5, 0.6) is 0 Å². The highest BCUT2D eigenvalue weighted by Crippen LogP contribution is 2.64. The molecule has 1 heterocycles. The number of nitrogens with zero attached hydrogens (tertiary/aromatic N) is 1. The second-order valence-corrected chi connectivity index (χ2v) is 6.84. The Kier molecular flexibility index (Phi) is 2.58. The average molecular weight is 249 g/mol. The Labute approximate surface area is 109 Å². The van der Waals surface area contributed by atoms with Crippen molar-refractivity contribution in [3.8, 4) is 0 Å². The molecule has 100 valence electrons. The fraction of sp³-hybridized carbons (Fsp3) is 0.867. The number of piperidine rings is 1. The number of ketones is 1. The van der Waals surface area contributed by atoms with Gasteiger partial charge in [-0.05, 0) is 43.4 Å². The van der Waals surface area contributed by atoms with E-state index in [1.807, 2.05) is 4.90 Å². The van der Waals surface area contributed by atoms with E-state index in [9.17, 15) is 9.59 Å². The molecule has 2 unspecified atom stereocenters. The minimum Gasteiger partial charge on any atom is -0.342 e. The maximum Gasteiger partial charge on any atom is 0.236 e. The van der Waals surface area contributed by atoms with Crippen LogP contribution in [0.15, 0.2) is 0 Å². The number of carbonyl (C=O) groups is 2. The van der Waals surface area contributed by atoms with Gasteiger partial charge in [-0.1, -0.05) is 13.8 Å². The number of Topliss-reactive ketones (excluding diaryl/α,β-unsaturated/α-hetero) is 1. The smallest absolute Gasteiger partial charge is 0.236 e. The summed E-state index contributed by atoms with van der Waals surface area (Å²) in [7, 11) is 0. The molecular formula is C15H23NO2. The van der Waals surface area contributed by atoms with E-state index < -0.39 is 5.41 Å². The van der Waals surface area contributed by atoms with E-state index in [0.717, 1.165) is 38.8 Å². The molecule has 2 aliphatic carbocycles. The molecule has 0 aromatic carbocycles. The zero-order valence-corrected chi connectivity index (χ0v) is 11.5. The summed E-state index contributed by atoms with van der Waals surface area (Å²) in [5.74, 6) is 0.801. The normalized spacial score (nSPS) is 38.2. The molecule has 1 aliphatic heterocycles. The third-order valence-corrected chi connectivity index (χ3v) is 5.90. The quantitative estimate of drug-likeness (QED) is 0.669. The Morgan fingerprint density at radius 2 is 1.89 bits per heavy atom. The van der Waals surface area contributed by atoms with E-state index in [1.165, 1.54) is 6.42 Å². The van der Waals surface area contributed by atoms with E-state index in [1.54, 1.807) is 0 Å². The minimum atomic E-state index is -0.672. The number of hydrogen-bond acceptors (Lipinski definition) is 2. The molecule has 3 aliphatic rings. The van der Waals surface area contributed by atoms with Crippen LogP contribution in [0.1, 0.15) is 52.4 Å². The van der Waals surface area contributed by atoms with Crippen molar-refractivity contribution in [3.63, 3.8) is 0 Å². The zero-order chi connectivity index (χ0) is 13.0. The fourth-order valence-electron chi connectivity index (χ4n) is 4.54. The Balaban J connectivity index is 1.93. The van der Waals surface area contributed by atoms with Crippen molar-refractivity contribution in [1.29, 1.82) is 0 Å². The monoisotopic (exact) mass is 249 g/mol. The maximum absolute atomic E-state index is 12.9. The first-order valence-corrected chi connectivity index (χ1v) is 7.33. The summed E-state index contributed by atoms with van der Waals surface area (Å²) in [4.78, 5) is 27.3. The van der Waals surface area contributed by atoms with Crippen LogP contribution >= 0.6 is 0 Å². The molecule has 0 N–H and O–H groups in total. The molecule has 18 heavy (non-hydrogen) atoms. The molecule has 1 saturated heterocycles. The van der Waals surface area contributed by atoms with Crippen molar-refractivity contribution >= 4 is 11.7 Å². The number of rotatable bonds is 1. The summed E-state index contributed by atoms with van der Waals surface area (Å²) in [6.07, 6.45) is 5.89. The summed E-state index contributed by atoms with van der Waals surface area (Å²) in [6, 6.07) is 0. The lowest BCUT2D eigenvalue weighted by Crippen LogP contribution is -2.52. The van der Waals surface area contributed by atoms with Crippen molar-refractivity contribution in [1.82, 2.24) is 4.90 Å². The Morgan fingerprint density at radius 1 is 1.22 bits per heavy atom. The van der Waals surface area contributed by atoms with Crippen LogP contribution in [0.25, 0.3) is 0 Å². The van der Waals surface area contributed by atoms with Crippen LogP contribution in [-0.4, -0.2) is 29.7 Å². The van der Waals surface area contributed by atoms with Crippen molar-refractivity contribution < 1.29 is 9.59 Å². The van der Waals surface area contributed by atoms with Gasteiger partial charge in [0.1, 0.15) is 11.2 Å². The van der Waals surface area contributed by atoms with Crippen molar-refractivity contribution in [2.75, 3.05) is 13.1 Å². The number of amides is 1. The van der Waals surface area contributed by atoms with Gasteiger partial charge in [-0.15, -0.1) is 0 Å². The molecule has 0 spiro atoms. The fourth-order valence-corrected chi connectivity index (χ4v) is 4.54. The lowest BCUT2D eigenvalue weighted by molar-refractivity contribution is -0.153. The van der Waals surface area contributed by atoms with Gasteiger partial charge in [-0.3, -0.25) is 9.59 Å². The van der Waals surface area contributed by atoms with Crippen molar-refractivity contribution in [2.45, 2.75) is 52.4 Å². The first kappa shape index (κ1) is 12.2. The average Bonchev–Trinajstić information content (AvgIpc) is 2.73. The number of carbonyl (C=O) groups excluding carboxylic acids is 2. The van der Waals surface area contributed by atoms with Crippen molar-refractivity contribution in [2.24, 2.45) is 16.7 Å². The van der Waals surface area contributed by atoms with Crippen LogP contribution in [0.3, 0.4) is 0 Å². The van der Waals surface area contributed by atoms with Crippen molar-refractivity contribution in [3.05, 3.63) is 0 Å². The van der Waals surface area contributed by atoms with E-state index in [2.05, 4.69) is 13.8 Å². The van der Waals surface area contributed by atoms with E-state index in [0.29, 0.717) is 12.3 Å². The molecule has 3 rings (SSSR count). The highest BCUT2D eigenvalue weighted by molar-refractivity contribution is 6.09. The molecule has 0 aromatic heterocycles. The third-order valence-electron chi connectivity index (χ3n) is 5.90. The Hall–Kier alpha value is -0.860. The Bertz CT molecular complexity index is 395. The van der Waals surface area contributed by atoms with E-state index >= 15 is 0 Å².